The highest BCUT2D eigenvalue weighted by Gasteiger charge is 2.34. The fourth-order valence-electron chi connectivity index (χ4n) is 3.22. The van der Waals surface area contributed by atoms with Crippen LogP contribution in [0.5, 0.6) is 0 Å². The van der Waals surface area contributed by atoms with Gasteiger partial charge in [0, 0.05) is 24.8 Å². The Kier molecular flexibility index (Phi) is 3.63. The Morgan fingerprint density at radius 1 is 1.43 bits per heavy atom. The molecule has 0 aromatic heterocycles. The molecule has 3 unspecified atom stereocenters. The number of carbonyl (C=O) groups is 1. The minimum Gasteiger partial charge on any atom is -0.375 e. The van der Waals surface area contributed by atoms with E-state index in [9.17, 15) is 4.79 Å². The Bertz CT molecular complexity index is 560. The number of nitrogens with two attached hydrogens (primary N) is 1. The molecule has 1 aromatic carbocycles. The van der Waals surface area contributed by atoms with Crippen molar-refractivity contribution in [3.8, 4) is 0 Å². The van der Waals surface area contributed by atoms with Crippen LogP contribution < -0.4 is 15.5 Å². The number of rotatable bonds is 2. The summed E-state index contributed by atoms with van der Waals surface area (Å²) in [5.74, 6) is -0.0375. The molecular formula is C16H23N3O2. The molecular weight excluding hydrogens is 266 g/mol. The number of benzene rings is 1. The van der Waals surface area contributed by atoms with Crippen LogP contribution in [0.25, 0.3) is 0 Å². The molecule has 2 aliphatic heterocycles. The van der Waals surface area contributed by atoms with Gasteiger partial charge in [-0.05, 0) is 25.5 Å². The van der Waals surface area contributed by atoms with Crippen LogP contribution in [0, 0.1) is 0 Å². The van der Waals surface area contributed by atoms with Crippen molar-refractivity contribution in [2.45, 2.75) is 38.5 Å². The van der Waals surface area contributed by atoms with E-state index in [1.165, 1.54) is 0 Å². The van der Waals surface area contributed by atoms with Gasteiger partial charge in [-0.15, -0.1) is 0 Å². The standard InChI is InChI=1S/C16H23N3O2/c1-4-11-9-21-10(2)8-19(11)12-5-6-13-14(7-12)18(3)16(20)15(13)17/h5-7,10-11,15H,4,8-9,17H2,1-3H3. The van der Waals surface area contributed by atoms with Crippen LogP contribution in [-0.2, 0) is 9.53 Å². The molecule has 2 N–H and O–H groups in total. The Morgan fingerprint density at radius 2 is 2.19 bits per heavy atom. The predicted molar refractivity (Wildman–Crippen MR) is 83.6 cm³/mol. The quantitative estimate of drug-likeness (QED) is 0.899. The highest BCUT2D eigenvalue weighted by atomic mass is 16.5. The van der Waals surface area contributed by atoms with Gasteiger partial charge in [0.05, 0.1) is 24.4 Å². The molecule has 1 fully saturated rings. The van der Waals surface area contributed by atoms with Crippen LogP contribution in [0.2, 0.25) is 0 Å². The first-order chi connectivity index (χ1) is 10.0. The number of likely N-dealkylation sites (N-methyl/N-ethyl adjacent to an activating group) is 1. The second-order valence-electron chi connectivity index (χ2n) is 5.98. The zero-order valence-corrected chi connectivity index (χ0v) is 12.9. The fourth-order valence-corrected chi connectivity index (χ4v) is 3.22. The molecule has 114 valence electrons. The first kappa shape index (κ1) is 14.4. The van der Waals surface area contributed by atoms with Crippen molar-refractivity contribution in [3.63, 3.8) is 0 Å². The van der Waals surface area contributed by atoms with Crippen LogP contribution in [0.1, 0.15) is 31.9 Å². The summed E-state index contributed by atoms with van der Waals surface area (Å²) in [6.45, 7) is 5.90. The first-order valence-corrected chi connectivity index (χ1v) is 7.58. The normalized spacial score (nSPS) is 29.0. The number of morpholine rings is 1. The van der Waals surface area contributed by atoms with Gasteiger partial charge in [0.2, 0.25) is 5.91 Å². The molecule has 3 atom stereocenters. The molecule has 1 saturated heterocycles. The first-order valence-electron chi connectivity index (χ1n) is 7.58. The SMILES string of the molecule is CCC1COC(C)CN1c1ccc2c(c1)N(C)C(=O)C2N. The number of amides is 1. The van der Waals surface area contributed by atoms with E-state index in [2.05, 4.69) is 30.9 Å². The van der Waals surface area contributed by atoms with Crippen LogP contribution in [0.15, 0.2) is 18.2 Å². The number of carbonyl (C=O) groups excluding carboxylic acids is 1. The third kappa shape index (κ3) is 2.30. The van der Waals surface area contributed by atoms with Crippen molar-refractivity contribution in [1.82, 2.24) is 0 Å². The Balaban J connectivity index is 1.95. The predicted octanol–water partition coefficient (Wildman–Crippen LogP) is 1.67. The molecule has 5 heteroatoms. The van der Waals surface area contributed by atoms with E-state index in [0.29, 0.717) is 6.04 Å². The van der Waals surface area contributed by atoms with Gasteiger partial charge in [0.1, 0.15) is 6.04 Å². The molecule has 0 bridgehead atoms. The number of nitrogens with zero attached hydrogens (tertiary/aromatic N) is 2. The Morgan fingerprint density at radius 3 is 2.90 bits per heavy atom. The zero-order chi connectivity index (χ0) is 15.1. The summed E-state index contributed by atoms with van der Waals surface area (Å²) >= 11 is 0. The van der Waals surface area contributed by atoms with Crippen molar-refractivity contribution in [3.05, 3.63) is 23.8 Å². The molecule has 5 nitrogen and oxygen atoms in total. The molecule has 0 radical (unpaired) electrons. The molecule has 1 aromatic rings. The maximum Gasteiger partial charge on any atom is 0.248 e. The number of fused-ring (bicyclic) bond motifs is 1. The van der Waals surface area contributed by atoms with Gasteiger partial charge in [-0.1, -0.05) is 13.0 Å². The third-order valence-corrected chi connectivity index (χ3v) is 4.58. The monoisotopic (exact) mass is 289 g/mol. The van der Waals surface area contributed by atoms with E-state index in [1.54, 1.807) is 11.9 Å². The van der Waals surface area contributed by atoms with Crippen molar-refractivity contribution >= 4 is 17.3 Å². The summed E-state index contributed by atoms with van der Waals surface area (Å²) in [4.78, 5) is 16.0. The lowest BCUT2D eigenvalue weighted by Gasteiger charge is -2.40. The van der Waals surface area contributed by atoms with E-state index in [1.807, 2.05) is 6.07 Å². The molecule has 1 amide bonds. The molecule has 2 aliphatic rings. The van der Waals surface area contributed by atoms with Crippen LogP contribution in [0.3, 0.4) is 0 Å². The van der Waals surface area contributed by atoms with Gasteiger partial charge < -0.3 is 20.3 Å². The summed E-state index contributed by atoms with van der Waals surface area (Å²) in [6.07, 6.45) is 1.26. The minimum atomic E-state index is -0.523. The maximum absolute atomic E-state index is 12.0. The number of hydrogen-bond acceptors (Lipinski definition) is 4. The summed E-state index contributed by atoms with van der Waals surface area (Å²) in [5, 5.41) is 0. The van der Waals surface area contributed by atoms with E-state index in [4.69, 9.17) is 10.5 Å². The number of ether oxygens (including phenoxy) is 1. The van der Waals surface area contributed by atoms with Gasteiger partial charge in [-0.2, -0.15) is 0 Å². The second-order valence-corrected chi connectivity index (χ2v) is 5.98. The maximum atomic E-state index is 12.0. The van der Waals surface area contributed by atoms with Crippen molar-refractivity contribution < 1.29 is 9.53 Å². The summed E-state index contributed by atoms with van der Waals surface area (Å²) in [7, 11) is 1.79. The van der Waals surface area contributed by atoms with Gasteiger partial charge in [0.25, 0.3) is 0 Å². The average molecular weight is 289 g/mol. The highest BCUT2D eigenvalue weighted by molar-refractivity contribution is 6.04. The lowest BCUT2D eigenvalue weighted by atomic mass is 10.1. The average Bonchev–Trinajstić information content (AvgIpc) is 2.71. The molecule has 0 spiro atoms. The van der Waals surface area contributed by atoms with Crippen LogP contribution in [-0.4, -0.2) is 38.3 Å². The number of anilines is 2. The van der Waals surface area contributed by atoms with E-state index in [-0.39, 0.29) is 12.0 Å². The van der Waals surface area contributed by atoms with E-state index >= 15 is 0 Å². The summed E-state index contributed by atoms with van der Waals surface area (Å²) in [5.41, 5.74) is 8.95. The van der Waals surface area contributed by atoms with Crippen LogP contribution in [0.4, 0.5) is 11.4 Å². The highest BCUT2D eigenvalue weighted by Crippen LogP contribution is 2.37. The van der Waals surface area contributed by atoms with Crippen LogP contribution >= 0.6 is 0 Å². The lowest BCUT2D eigenvalue weighted by molar-refractivity contribution is -0.118. The van der Waals surface area contributed by atoms with Gasteiger partial charge in [-0.25, -0.2) is 0 Å². The second kappa shape index (κ2) is 5.31. The van der Waals surface area contributed by atoms with Crippen molar-refractivity contribution in [2.24, 2.45) is 5.73 Å². The molecule has 2 heterocycles. The largest absolute Gasteiger partial charge is 0.375 e. The molecule has 0 aliphatic carbocycles. The van der Waals surface area contributed by atoms with Gasteiger partial charge >= 0.3 is 0 Å². The smallest absolute Gasteiger partial charge is 0.248 e. The van der Waals surface area contributed by atoms with Gasteiger partial charge in [-0.3, -0.25) is 4.79 Å². The van der Waals surface area contributed by atoms with Crippen molar-refractivity contribution in [2.75, 3.05) is 30.0 Å². The van der Waals surface area contributed by atoms with E-state index < -0.39 is 6.04 Å². The van der Waals surface area contributed by atoms with E-state index in [0.717, 1.165) is 36.5 Å². The Labute approximate surface area is 125 Å². The Hall–Kier alpha value is -1.59. The van der Waals surface area contributed by atoms with Gasteiger partial charge in [0.15, 0.2) is 0 Å². The lowest BCUT2D eigenvalue weighted by Crippen LogP contribution is -2.48. The summed E-state index contributed by atoms with van der Waals surface area (Å²) in [6, 6.07) is 6.01. The molecule has 21 heavy (non-hydrogen) atoms. The third-order valence-electron chi connectivity index (χ3n) is 4.58. The molecule has 3 rings (SSSR count). The minimum absolute atomic E-state index is 0.0375. The molecule has 0 saturated carbocycles. The zero-order valence-electron chi connectivity index (χ0n) is 12.9. The van der Waals surface area contributed by atoms with Crippen molar-refractivity contribution in [1.29, 1.82) is 0 Å². The topological polar surface area (TPSA) is 58.8 Å². The number of hydrogen-bond donors (Lipinski definition) is 1. The fraction of sp³-hybridized carbons (Fsp3) is 0.562. The summed E-state index contributed by atoms with van der Waals surface area (Å²) < 4.78 is 5.75.